The van der Waals surface area contributed by atoms with Crippen molar-refractivity contribution in [2.75, 3.05) is 0 Å². The van der Waals surface area contributed by atoms with Gasteiger partial charge in [0, 0.05) is 35.8 Å². The molecule has 0 unspecified atom stereocenters. The molecule has 0 bridgehead atoms. The van der Waals surface area contributed by atoms with Crippen LogP contribution in [-0.2, 0) is 13.1 Å². The van der Waals surface area contributed by atoms with Crippen LogP contribution in [0.1, 0.15) is 32.9 Å². The SMILES string of the molecule is Cc1cc(-n2cc3c(n2)CN(C(=O)c2cc(C#N)ccc2-c2cccc(F)c2)C3)ccn1. The molecule has 2 aromatic carbocycles. The van der Waals surface area contributed by atoms with Crippen molar-refractivity contribution in [1.82, 2.24) is 19.7 Å². The molecule has 0 radical (unpaired) electrons. The topological polar surface area (TPSA) is 74.8 Å². The molecule has 2 aromatic heterocycles. The number of fused-ring (bicyclic) bond motifs is 1. The zero-order chi connectivity index (χ0) is 22.2. The summed E-state index contributed by atoms with van der Waals surface area (Å²) in [6, 6.07) is 16.9. The molecule has 0 fully saturated rings. The van der Waals surface area contributed by atoms with Gasteiger partial charge in [-0.25, -0.2) is 9.07 Å². The fourth-order valence-corrected chi connectivity index (χ4v) is 3.97. The van der Waals surface area contributed by atoms with Crippen LogP contribution in [0.4, 0.5) is 4.39 Å². The van der Waals surface area contributed by atoms with E-state index in [0.717, 1.165) is 22.6 Å². The molecular formula is C25H18FN5O. The minimum Gasteiger partial charge on any atom is -0.328 e. The Kier molecular flexibility index (Phi) is 4.75. The molecule has 6 nitrogen and oxygen atoms in total. The maximum atomic E-state index is 13.8. The molecule has 3 heterocycles. The number of amides is 1. The molecule has 0 aliphatic carbocycles. The Bertz CT molecular complexity index is 1380. The number of benzene rings is 2. The van der Waals surface area contributed by atoms with E-state index < -0.39 is 0 Å². The van der Waals surface area contributed by atoms with Gasteiger partial charge in [0.25, 0.3) is 5.91 Å². The molecule has 0 N–H and O–H groups in total. The van der Waals surface area contributed by atoms with Gasteiger partial charge in [0.05, 0.1) is 29.6 Å². The van der Waals surface area contributed by atoms with Gasteiger partial charge in [0.15, 0.2) is 0 Å². The Morgan fingerprint density at radius 3 is 2.75 bits per heavy atom. The predicted molar refractivity (Wildman–Crippen MR) is 116 cm³/mol. The summed E-state index contributed by atoms with van der Waals surface area (Å²) >= 11 is 0. The van der Waals surface area contributed by atoms with Crippen LogP contribution in [0.5, 0.6) is 0 Å². The van der Waals surface area contributed by atoms with E-state index in [0.29, 0.717) is 35.3 Å². The Morgan fingerprint density at radius 2 is 2.00 bits per heavy atom. The number of pyridine rings is 1. The van der Waals surface area contributed by atoms with Crippen LogP contribution in [0, 0.1) is 24.1 Å². The van der Waals surface area contributed by atoms with Crippen LogP contribution in [0.2, 0.25) is 0 Å². The molecule has 1 aliphatic rings. The number of aromatic nitrogens is 3. The van der Waals surface area contributed by atoms with Crippen molar-refractivity contribution in [3.05, 3.63) is 101 Å². The highest BCUT2D eigenvalue weighted by Gasteiger charge is 2.29. The maximum absolute atomic E-state index is 13.8. The van der Waals surface area contributed by atoms with E-state index in [9.17, 15) is 14.4 Å². The van der Waals surface area contributed by atoms with Gasteiger partial charge in [-0.15, -0.1) is 0 Å². The molecule has 1 amide bonds. The van der Waals surface area contributed by atoms with Crippen LogP contribution in [-0.4, -0.2) is 25.6 Å². The summed E-state index contributed by atoms with van der Waals surface area (Å²) < 4.78 is 15.6. The summed E-state index contributed by atoms with van der Waals surface area (Å²) in [6.07, 6.45) is 3.67. The predicted octanol–water partition coefficient (Wildman–Crippen LogP) is 4.41. The van der Waals surface area contributed by atoms with Crippen molar-refractivity contribution in [2.45, 2.75) is 20.0 Å². The molecular weight excluding hydrogens is 405 g/mol. The second kappa shape index (κ2) is 7.75. The lowest BCUT2D eigenvalue weighted by atomic mass is 9.96. The molecule has 7 heteroatoms. The molecule has 156 valence electrons. The maximum Gasteiger partial charge on any atom is 0.255 e. The number of carbonyl (C=O) groups is 1. The number of hydrogen-bond acceptors (Lipinski definition) is 4. The smallest absolute Gasteiger partial charge is 0.255 e. The third-order valence-electron chi connectivity index (χ3n) is 5.53. The van der Waals surface area contributed by atoms with E-state index in [1.165, 1.54) is 12.1 Å². The van der Waals surface area contributed by atoms with E-state index in [1.54, 1.807) is 46.1 Å². The first-order valence-electron chi connectivity index (χ1n) is 10.1. The Labute approximate surface area is 184 Å². The summed E-state index contributed by atoms with van der Waals surface area (Å²) in [7, 11) is 0. The monoisotopic (exact) mass is 423 g/mol. The van der Waals surface area contributed by atoms with Crippen molar-refractivity contribution in [3.63, 3.8) is 0 Å². The number of rotatable bonds is 3. The van der Waals surface area contributed by atoms with Gasteiger partial charge >= 0.3 is 0 Å². The highest BCUT2D eigenvalue weighted by Crippen LogP contribution is 2.30. The normalized spacial score (nSPS) is 12.5. The van der Waals surface area contributed by atoms with Crippen LogP contribution >= 0.6 is 0 Å². The quantitative estimate of drug-likeness (QED) is 0.489. The van der Waals surface area contributed by atoms with Crippen molar-refractivity contribution < 1.29 is 9.18 Å². The van der Waals surface area contributed by atoms with Crippen LogP contribution < -0.4 is 0 Å². The van der Waals surface area contributed by atoms with Gasteiger partial charge in [-0.05, 0) is 54.4 Å². The summed E-state index contributed by atoms with van der Waals surface area (Å²) in [4.78, 5) is 19.3. The van der Waals surface area contributed by atoms with Crippen LogP contribution in [0.3, 0.4) is 0 Å². The van der Waals surface area contributed by atoms with Gasteiger partial charge in [0.1, 0.15) is 5.82 Å². The van der Waals surface area contributed by atoms with Crippen molar-refractivity contribution >= 4 is 5.91 Å². The summed E-state index contributed by atoms with van der Waals surface area (Å²) in [6.45, 7) is 2.70. The highest BCUT2D eigenvalue weighted by atomic mass is 19.1. The van der Waals surface area contributed by atoms with Crippen molar-refractivity contribution in [3.8, 4) is 22.9 Å². The lowest BCUT2D eigenvalue weighted by molar-refractivity contribution is 0.0750. The number of hydrogen-bond donors (Lipinski definition) is 0. The molecule has 32 heavy (non-hydrogen) atoms. The van der Waals surface area contributed by atoms with E-state index >= 15 is 0 Å². The average Bonchev–Trinajstić information content (AvgIpc) is 3.38. The number of nitrogens with zero attached hydrogens (tertiary/aromatic N) is 5. The number of halogens is 1. The molecule has 1 aliphatic heterocycles. The van der Waals surface area contributed by atoms with E-state index in [2.05, 4.69) is 16.2 Å². The lowest BCUT2D eigenvalue weighted by Crippen LogP contribution is -2.26. The first kappa shape index (κ1) is 19.6. The fourth-order valence-electron chi connectivity index (χ4n) is 3.97. The summed E-state index contributed by atoms with van der Waals surface area (Å²) in [5.74, 6) is -0.599. The minimum absolute atomic E-state index is 0.217. The van der Waals surface area contributed by atoms with E-state index in [1.807, 2.05) is 25.3 Å². The largest absolute Gasteiger partial charge is 0.328 e. The minimum atomic E-state index is -0.382. The Balaban J connectivity index is 1.45. The third kappa shape index (κ3) is 3.52. The molecule has 0 spiro atoms. The Morgan fingerprint density at radius 1 is 1.12 bits per heavy atom. The first-order chi connectivity index (χ1) is 15.5. The first-order valence-corrected chi connectivity index (χ1v) is 10.1. The third-order valence-corrected chi connectivity index (χ3v) is 5.53. The second-order valence-electron chi connectivity index (χ2n) is 7.74. The molecule has 5 rings (SSSR count). The van der Waals surface area contributed by atoms with Gasteiger partial charge < -0.3 is 4.90 Å². The summed E-state index contributed by atoms with van der Waals surface area (Å²) in [5, 5.41) is 14.0. The number of aryl methyl sites for hydroxylation is 1. The standard InChI is InChI=1S/C25H18FN5O/c1-16-9-21(7-8-28-16)31-14-19-13-30(15-24(19)29-31)25(32)23-10-17(12-27)5-6-22(23)18-3-2-4-20(26)11-18/h2-11,14H,13,15H2,1H3. The Hall–Kier alpha value is -4.31. The lowest BCUT2D eigenvalue weighted by Gasteiger charge is -2.18. The molecule has 0 saturated carbocycles. The number of nitriles is 1. The van der Waals surface area contributed by atoms with E-state index in [-0.39, 0.29) is 11.7 Å². The zero-order valence-corrected chi connectivity index (χ0v) is 17.3. The second-order valence-corrected chi connectivity index (χ2v) is 7.74. The molecule has 0 atom stereocenters. The van der Waals surface area contributed by atoms with Crippen molar-refractivity contribution in [2.24, 2.45) is 0 Å². The van der Waals surface area contributed by atoms with Gasteiger partial charge in [-0.3, -0.25) is 9.78 Å². The van der Waals surface area contributed by atoms with Gasteiger partial charge in [-0.2, -0.15) is 10.4 Å². The van der Waals surface area contributed by atoms with Gasteiger partial charge in [0.2, 0.25) is 0 Å². The molecule has 0 saturated heterocycles. The zero-order valence-electron chi connectivity index (χ0n) is 17.3. The van der Waals surface area contributed by atoms with E-state index in [4.69, 9.17) is 0 Å². The number of carbonyl (C=O) groups excluding carboxylic acids is 1. The van der Waals surface area contributed by atoms with Crippen molar-refractivity contribution in [1.29, 1.82) is 5.26 Å². The molecule has 4 aromatic rings. The highest BCUT2D eigenvalue weighted by molar-refractivity contribution is 6.01. The van der Waals surface area contributed by atoms with Gasteiger partial charge in [-0.1, -0.05) is 18.2 Å². The van der Waals surface area contributed by atoms with Crippen LogP contribution in [0.25, 0.3) is 16.8 Å². The summed E-state index contributed by atoms with van der Waals surface area (Å²) in [5.41, 5.74) is 5.55. The van der Waals surface area contributed by atoms with Crippen LogP contribution in [0.15, 0.2) is 67.0 Å². The fraction of sp³-hybridized carbons (Fsp3) is 0.120. The average molecular weight is 423 g/mol.